The van der Waals surface area contributed by atoms with Crippen LogP contribution in [-0.2, 0) is 14.8 Å². The average Bonchev–Trinajstić information content (AvgIpc) is 2.57. The van der Waals surface area contributed by atoms with Gasteiger partial charge in [-0.15, -0.1) is 0 Å². The molecule has 138 valence electrons. The van der Waals surface area contributed by atoms with Crippen LogP contribution in [-0.4, -0.2) is 45.0 Å². The molecule has 1 aliphatic rings. The van der Waals surface area contributed by atoms with Crippen LogP contribution in [0.15, 0.2) is 24.1 Å². The molecule has 1 N–H and O–H groups in total. The van der Waals surface area contributed by atoms with E-state index in [0.717, 1.165) is 11.0 Å². The molecule has 0 saturated carbocycles. The summed E-state index contributed by atoms with van der Waals surface area (Å²) in [5.41, 5.74) is 0.791. The van der Waals surface area contributed by atoms with Crippen molar-refractivity contribution in [3.05, 3.63) is 39.7 Å². The summed E-state index contributed by atoms with van der Waals surface area (Å²) < 4.78 is 31.0. The highest BCUT2D eigenvalue weighted by atomic mass is 35.5. The number of amides is 1. The second kappa shape index (κ2) is 8.40. The summed E-state index contributed by atoms with van der Waals surface area (Å²) in [7, 11) is -3.45. The molecular formula is C16H20Cl2N2O4S. The molecule has 1 aromatic rings. The maximum atomic E-state index is 12.3. The molecule has 25 heavy (non-hydrogen) atoms. The van der Waals surface area contributed by atoms with Crippen LogP contribution in [0.2, 0.25) is 10.0 Å². The molecule has 1 aromatic carbocycles. The standard InChI is InChI=1S/C16H20Cl2N2O4S/c1-3-25(22,23)19-12-4-6-20(7-5-12)16(21)10-24-15-9-14(18)13(17)8-11(15)2/h3,8-9,12,19H,1,4-7,10H2,2H3. The van der Waals surface area contributed by atoms with E-state index in [1.165, 1.54) is 0 Å². The molecule has 0 aromatic heterocycles. The fourth-order valence-electron chi connectivity index (χ4n) is 2.54. The number of carbonyl (C=O) groups is 1. The van der Waals surface area contributed by atoms with Crippen molar-refractivity contribution in [2.24, 2.45) is 0 Å². The van der Waals surface area contributed by atoms with E-state index in [1.54, 1.807) is 17.0 Å². The Morgan fingerprint density at radius 1 is 1.36 bits per heavy atom. The van der Waals surface area contributed by atoms with Gasteiger partial charge in [-0.3, -0.25) is 4.79 Å². The number of carbonyl (C=O) groups excluding carboxylic acids is 1. The zero-order valence-corrected chi connectivity index (χ0v) is 16.1. The van der Waals surface area contributed by atoms with Crippen molar-refractivity contribution < 1.29 is 17.9 Å². The molecule has 0 unspecified atom stereocenters. The van der Waals surface area contributed by atoms with Crippen molar-refractivity contribution in [1.29, 1.82) is 0 Å². The largest absolute Gasteiger partial charge is 0.483 e. The van der Waals surface area contributed by atoms with Crippen LogP contribution < -0.4 is 9.46 Å². The number of hydrogen-bond donors (Lipinski definition) is 1. The second-order valence-corrected chi connectivity index (χ2v) is 8.28. The SMILES string of the molecule is C=CS(=O)(=O)NC1CCN(C(=O)COc2cc(Cl)c(Cl)cc2C)CC1. The molecule has 1 saturated heterocycles. The van der Waals surface area contributed by atoms with Gasteiger partial charge in [0.15, 0.2) is 6.61 Å². The Morgan fingerprint density at radius 3 is 2.56 bits per heavy atom. The number of likely N-dealkylation sites (tertiary alicyclic amines) is 1. The van der Waals surface area contributed by atoms with E-state index in [4.69, 9.17) is 27.9 Å². The Morgan fingerprint density at radius 2 is 1.96 bits per heavy atom. The van der Waals surface area contributed by atoms with Gasteiger partial charge in [0.25, 0.3) is 5.91 Å². The summed E-state index contributed by atoms with van der Waals surface area (Å²) in [5.74, 6) is 0.354. The highest BCUT2D eigenvalue weighted by molar-refractivity contribution is 7.92. The summed E-state index contributed by atoms with van der Waals surface area (Å²) in [6.07, 6.45) is 1.09. The number of nitrogens with zero attached hydrogens (tertiary/aromatic N) is 1. The molecule has 1 amide bonds. The lowest BCUT2D eigenvalue weighted by molar-refractivity contribution is -0.134. The number of aryl methyl sites for hydroxylation is 1. The van der Waals surface area contributed by atoms with Gasteiger partial charge in [0.1, 0.15) is 5.75 Å². The number of benzene rings is 1. The van der Waals surface area contributed by atoms with E-state index in [1.807, 2.05) is 6.92 Å². The molecule has 0 atom stereocenters. The number of sulfonamides is 1. The lowest BCUT2D eigenvalue weighted by Crippen LogP contribution is -2.47. The van der Waals surface area contributed by atoms with E-state index >= 15 is 0 Å². The van der Waals surface area contributed by atoms with Crippen LogP contribution in [0.25, 0.3) is 0 Å². The maximum absolute atomic E-state index is 12.3. The van der Waals surface area contributed by atoms with Gasteiger partial charge in [0.05, 0.1) is 10.0 Å². The highest BCUT2D eigenvalue weighted by Gasteiger charge is 2.25. The van der Waals surface area contributed by atoms with Crippen LogP contribution >= 0.6 is 23.2 Å². The van der Waals surface area contributed by atoms with Crippen LogP contribution in [0.3, 0.4) is 0 Å². The first-order chi connectivity index (χ1) is 11.7. The first-order valence-corrected chi connectivity index (χ1v) is 10.0. The van der Waals surface area contributed by atoms with E-state index in [9.17, 15) is 13.2 Å². The quantitative estimate of drug-likeness (QED) is 0.787. The summed E-state index contributed by atoms with van der Waals surface area (Å²) >= 11 is 11.9. The minimum Gasteiger partial charge on any atom is -0.483 e. The third kappa shape index (κ3) is 5.60. The monoisotopic (exact) mass is 406 g/mol. The second-order valence-electron chi connectivity index (χ2n) is 5.81. The third-order valence-electron chi connectivity index (χ3n) is 3.97. The third-order valence-corrected chi connectivity index (χ3v) is 5.79. The van der Waals surface area contributed by atoms with Crippen molar-refractivity contribution in [3.63, 3.8) is 0 Å². The zero-order valence-electron chi connectivity index (χ0n) is 13.8. The molecule has 1 fully saturated rings. The van der Waals surface area contributed by atoms with E-state index in [-0.39, 0.29) is 18.6 Å². The van der Waals surface area contributed by atoms with Gasteiger partial charge in [0.2, 0.25) is 10.0 Å². The fraction of sp³-hybridized carbons (Fsp3) is 0.438. The molecule has 6 nitrogen and oxygen atoms in total. The summed E-state index contributed by atoms with van der Waals surface area (Å²) in [4.78, 5) is 13.9. The Bertz CT molecular complexity index is 760. The topological polar surface area (TPSA) is 75.7 Å². The van der Waals surface area contributed by atoms with Gasteiger partial charge in [-0.2, -0.15) is 0 Å². The fourth-order valence-corrected chi connectivity index (χ4v) is 3.71. The van der Waals surface area contributed by atoms with Gasteiger partial charge < -0.3 is 9.64 Å². The Kier molecular flexibility index (Phi) is 6.73. The Labute approximate surface area is 157 Å². The number of piperidine rings is 1. The van der Waals surface area contributed by atoms with Crippen molar-refractivity contribution in [2.75, 3.05) is 19.7 Å². The summed E-state index contributed by atoms with van der Waals surface area (Å²) in [5, 5.41) is 1.68. The van der Waals surface area contributed by atoms with Crippen molar-refractivity contribution in [1.82, 2.24) is 9.62 Å². The van der Waals surface area contributed by atoms with E-state index in [2.05, 4.69) is 11.3 Å². The minimum atomic E-state index is -3.45. The van der Waals surface area contributed by atoms with Gasteiger partial charge in [-0.05, 0) is 31.4 Å². The number of ether oxygens (including phenoxy) is 1. The molecular weight excluding hydrogens is 387 g/mol. The van der Waals surface area contributed by atoms with Gasteiger partial charge >= 0.3 is 0 Å². The first kappa shape index (κ1) is 20.0. The Hall–Kier alpha value is -1.28. The number of rotatable bonds is 6. The molecule has 0 aliphatic carbocycles. The number of hydrogen-bond acceptors (Lipinski definition) is 4. The lowest BCUT2D eigenvalue weighted by Gasteiger charge is -2.32. The van der Waals surface area contributed by atoms with Gasteiger partial charge in [0, 0.05) is 30.6 Å². The first-order valence-electron chi connectivity index (χ1n) is 7.73. The molecule has 0 radical (unpaired) electrons. The molecule has 0 bridgehead atoms. The zero-order chi connectivity index (χ0) is 18.6. The van der Waals surface area contributed by atoms with Crippen LogP contribution in [0.5, 0.6) is 5.75 Å². The summed E-state index contributed by atoms with van der Waals surface area (Å²) in [6.45, 7) is 5.90. The van der Waals surface area contributed by atoms with Crippen molar-refractivity contribution in [3.8, 4) is 5.75 Å². The van der Waals surface area contributed by atoms with Crippen LogP contribution in [0, 0.1) is 6.92 Å². The predicted molar refractivity (Wildman–Crippen MR) is 98.5 cm³/mol. The molecule has 1 heterocycles. The smallest absolute Gasteiger partial charge is 0.260 e. The van der Waals surface area contributed by atoms with E-state index in [0.29, 0.717) is 41.7 Å². The molecule has 1 aliphatic heterocycles. The van der Waals surface area contributed by atoms with Crippen LogP contribution in [0.1, 0.15) is 18.4 Å². The average molecular weight is 407 g/mol. The highest BCUT2D eigenvalue weighted by Crippen LogP contribution is 2.30. The lowest BCUT2D eigenvalue weighted by atomic mass is 10.1. The molecule has 2 rings (SSSR count). The van der Waals surface area contributed by atoms with Gasteiger partial charge in [-0.25, -0.2) is 13.1 Å². The minimum absolute atomic E-state index is 0.109. The normalized spacial score (nSPS) is 15.9. The van der Waals surface area contributed by atoms with Crippen LogP contribution in [0.4, 0.5) is 0 Å². The van der Waals surface area contributed by atoms with Crippen molar-refractivity contribution >= 4 is 39.1 Å². The Balaban J connectivity index is 1.85. The number of halogens is 2. The summed E-state index contributed by atoms with van der Waals surface area (Å²) in [6, 6.07) is 3.08. The van der Waals surface area contributed by atoms with E-state index < -0.39 is 10.0 Å². The molecule has 9 heteroatoms. The number of nitrogens with one attached hydrogen (secondary N) is 1. The molecule has 0 spiro atoms. The predicted octanol–water partition coefficient (Wildman–Crippen LogP) is 2.73. The van der Waals surface area contributed by atoms with Gasteiger partial charge in [-0.1, -0.05) is 29.8 Å². The van der Waals surface area contributed by atoms with Crippen molar-refractivity contribution in [2.45, 2.75) is 25.8 Å². The maximum Gasteiger partial charge on any atom is 0.260 e.